The van der Waals surface area contributed by atoms with Crippen molar-refractivity contribution in [1.29, 1.82) is 0 Å². The number of hydrogen-bond donors (Lipinski definition) is 0. The highest BCUT2D eigenvalue weighted by molar-refractivity contribution is 5.81. The molecule has 1 aliphatic rings. The highest BCUT2D eigenvalue weighted by atomic mass is 14.4. The molecule has 98 valence electrons. The Bertz CT molecular complexity index is 632. The van der Waals surface area contributed by atoms with E-state index in [1.807, 2.05) is 0 Å². The average Bonchev–Trinajstić information content (AvgIpc) is 2.59. The maximum Gasteiger partial charge on any atom is 0.0159 e. The summed E-state index contributed by atoms with van der Waals surface area (Å²) in [5.41, 5.74) is 8.80. The van der Waals surface area contributed by atoms with Gasteiger partial charge in [-0.05, 0) is 41.2 Å². The summed E-state index contributed by atoms with van der Waals surface area (Å²) in [6.07, 6.45) is 2.39. The van der Waals surface area contributed by atoms with Crippen molar-refractivity contribution in [2.75, 3.05) is 0 Å². The Labute approximate surface area is 116 Å². The van der Waals surface area contributed by atoms with Gasteiger partial charge in [0, 0.05) is 5.41 Å². The van der Waals surface area contributed by atoms with Crippen LogP contribution in [-0.4, -0.2) is 0 Å². The van der Waals surface area contributed by atoms with Crippen molar-refractivity contribution in [3.63, 3.8) is 0 Å². The van der Waals surface area contributed by atoms with Crippen molar-refractivity contribution in [3.8, 4) is 11.1 Å². The highest BCUT2D eigenvalue weighted by Gasteiger charge is 2.35. The molecular weight excluding hydrogens is 228 g/mol. The number of aryl methyl sites for hydroxylation is 2. The minimum absolute atomic E-state index is 0.139. The predicted molar refractivity (Wildman–Crippen MR) is 82.7 cm³/mol. The molecule has 2 aromatic rings. The summed E-state index contributed by atoms with van der Waals surface area (Å²) in [5.74, 6) is 0. The van der Waals surface area contributed by atoms with Gasteiger partial charge in [0.1, 0.15) is 0 Å². The molecule has 0 bridgehead atoms. The van der Waals surface area contributed by atoms with E-state index < -0.39 is 0 Å². The zero-order valence-electron chi connectivity index (χ0n) is 12.4. The largest absolute Gasteiger partial charge is 0.0651 e. The van der Waals surface area contributed by atoms with Crippen LogP contribution < -0.4 is 0 Å². The van der Waals surface area contributed by atoms with Crippen LogP contribution in [0.2, 0.25) is 0 Å². The van der Waals surface area contributed by atoms with Gasteiger partial charge in [-0.3, -0.25) is 0 Å². The van der Waals surface area contributed by atoms with Crippen LogP contribution >= 0.6 is 0 Å². The third-order valence-electron chi connectivity index (χ3n) is 4.43. The van der Waals surface area contributed by atoms with E-state index >= 15 is 0 Å². The lowest BCUT2D eigenvalue weighted by atomic mass is 9.81. The SMILES string of the molecule is CCCc1ccc2c(c1)C(C)(C)c1cc(C)ccc1-2. The van der Waals surface area contributed by atoms with Crippen molar-refractivity contribution in [1.82, 2.24) is 0 Å². The number of fused-ring (bicyclic) bond motifs is 3. The highest BCUT2D eigenvalue weighted by Crippen LogP contribution is 2.49. The summed E-state index contributed by atoms with van der Waals surface area (Å²) in [5, 5.41) is 0. The van der Waals surface area contributed by atoms with Gasteiger partial charge in [-0.2, -0.15) is 0 Å². The Morgan fingerprint density at radius 2 is 1.53 bits per heavy atom. The standard InChI is InChI=1S/C19H22/c1-5-6-14-8-10-16-15-9-7-13(2)11-17(15)19(3,4)18(16)12-14/h7-12H,5-6H2,1-4H3. The minimum Gasteiger partial charge on any atom is -0.0651 e. The predicted octanol–water partition coefficient (Wildman–Crippen LogP) is 5.25. The molecule has 0 radical (unpaired) electrons. The van der Waals surface area contributed by atoms with Crippen LogP contribution in [-0.2, 0) is 11.8 Å². The monoisotopic (exact) mass is 250 g/mol. The Balaban J connectivity index is 2.22. The molecule has 3 rings (SSSR count). The van der Waals surface area contributed by atoms with Gasteiger partial charge in [-0.1, -0.05) is 69.2 Å². The van der Waals surface area contributed by atoms with Gasteiger partial charge in [0.2, 0.25) is 0 Å². The lowest BCUT2D eigenvalue weighted by molar-refractivity contribution is 0.658. The molecule has 0 N–H and O–H groups in total. The topological polar surface area (TPSA) is 0 Å². The molecule has 0 atom stereocenters. The van der Waals surface area contributed by atoms with Crippen molar-refractivity contribution >= 4 is 0 Å². The Morgan fingerprint density at radius 1 is 0.895 bits per heavy atom. The normalized spacial score (nSPS) is 15.2. The molecule has 0 aromatic heterocycles. The first-order chi connectivity index (χ1) is 9.04. The molecule has 0 unspecified atom stereocenters. The van der Waals surface area contributed by atoms with Crippen molar-refractivity contribution < 1.29 is 0 Å². The molecule has 0 heteroatoms. The van der Waals surface area contributed by atoms with E-state index in [4.69, 9.17) is 0 Å². The summed E-state index contributed by atoms with van der Waals surface area (Å²) in [6.45, 7) is 9.14. The molecular formula is C19H22. The molecule has 0 aliphatic heterocycles. The summed E-state index contributed by atoms with van der Waals surface area (Å²) >= 11 is 0. The first-order valence-electron chi connectivity index (χ1n) is 7.29. The smallest absolute Gasteiger partial charge is 0.0159 e. The molecule has 1 aliphatic carbocycles. The molecule has 0 saturated carbocycles. The average molecular weight is 250 g/mol. The fourth-order valence-electron chi connectivity index (χ4n) is 3.34. The lowest BCUT2D eigenvalue weighted by Crippen LogP contribution is -2.15. The van der Waals surface area contributed by atoms with E-state index in [9.17, 15) is 0 Å². The molecule has 0 amide bonds. The first-order valence-corrected chi connectivity index (χ1v) is 7.29. The van der Waals surface area contributed by atoms with Gasteiger partial charge in [0.15, 0.2) is 0 Å². The first kappa shape index (κ1) is 12.5. The van der Waals surface area contributed by atoms with Crippen LogP contribution in [0.1, 0.15) is 49.4 Å². The zero-order valence-corrected chi connectivity index (χ0v) is 12.4. The van der Waals surface area contributed by atoms with Crippen LogP contribution in [0, 0.1) is 6.92 Å². The van der Waals surface area contributed by atoms with Crippen LogP contribution in [0.3, 0.4) is 0 Å². The number of benzene rings is 2. The molecule has 0 fully saturated rings. The van der Waals surface area contributed by atoms with Crippen molar-refractivity contribution in [2.24, 2.45) is 0 Å². The van der Waals surface area contributed by atoms with Gasteiger partial charge in [-0.25, -0.2) is 0 Å². The van der Waals surface area contributed by atoms with E-state index in [0.717, 1.165) is 0 Å². The van der Waals surface area contributed by atoms with E-state index in [1.54, 1.807) is 0 Å². The maximum absolute atomic E-state index is 2.42. The maximum atomic E-state index is 2.42. The van der Waals surface area contributed by atoms with Crippen molar-refractivity contribution in [3.05, 3.63) is 58.7 Å². The molecule has 19 heavy (non-hydrogen) atoms. The van der Waals surface area contributed by atoms with Gasteiger partial charge in [0.25, 0.3) is 0 Å². The molecule has 0 nitrogen and oxygen atoms in total. The summed E-state index contributed by atoms with van der Waals surface area (Å²) in [7, 11) is 0. The van der Waals surface area contributed by atoms with Crippen molar-refractivity contribution in [2.45, 2.75) is 46.0 Å². The van der Waals surface area contributed by atoms with Crippen LogP contribution in [0.5, 0.6) is 0 Å². The molecule has 0 heterocycles. The summed E-state index contributed by atoms with van der Waals surface area (Å²) in [4.78, 5) is 0. The van der Waals surface area contributed by atoms with Crippen LogP contribution in [0.4, 0.5) is 0 Å². The Morgan fingerprint density at radius 3 is 2.21 bits per heavy atom. The zero-order chi connectivity index (χ0) is 13.6. The Hall–Kier alpha value is -1.56. The fourth-order valence-corrected chi connectivity index (χ4v) is 3.34. The van der Waals surface area contributed by atoms with E-state index in [2.05, 4.69) is 64.1 Å². The number of rotatable bonds is 2. The van der Waals surface area contributed by atoms with E-state index in [-0.39, 0.29) is 5.41 Å². The van der Waals surface area contributed by atoms with Crippen LogP contribution in [0.15, 0.2) is 36.4 Å². The fraction of sp³-hybridized carbons (Fsp3) is 0.368. The lowest BCUT2D eigenvalue weighted by Gasteiger charge is -2.22. The number of hydrogen-bond acceptors (Lipinski definition) is 0. The van der Waals surface area contributed by atoms with Gasteiger partial charge in [-0.15, -0.1) is 0 Å². The third kappa shape index (κ3) is 1.82. The summed E-state index contributed by atoms with van der Waals surface area (Å²) in [6, 6.07) is 13.9. The quantitative estimate of drug-likeness (QED) is 0.682. The van der Waals surface area contributed by atoms with E-state index in [0.29, 0.717) is 0 Å². The molecule has 2 aromatic carbocycles. The second-order valence-corrected chi connectivity index (χ2v) is 6.30. The Kier molecular flexibility index (Phi) is 2.78. The minimum atomic E-state index is 0.139. The van der Waals surface area contributed by atoms with Gasteiger partial charge in [0.05, 0.1) is 0 Å². The summed E-state index contributed by atoms with van der Waals surface area (Å²) < 4.78 is 0. The molecule has 0 saturated heterocycles. The third-order valence-corrected chi connectivity index (χ3v) is 4.43. The second-order valence-electron chi connectivity index (χ2n) is 6.30. The van der Waals surface area contributed by atoms with Gasteiger partial charge >= 0.3 is 0 Å². The van der Waals surface area contributed by atoms with Gasteiger partial charge < -0.3 is 0 Å². The van der Waals surface area contributed by atoms with E-state index in [1.165, 1.54) is 46.2 Å². The molecule has 0 spiro atoms. The second kappa shape index (κ2) is 4.23. The van der Waals surface area contributed by atoms with Crippen LogP contribution in [0.25, 0.3) is 11.1 Å².